The Kier molecular flexibility index (Phi) is 6.96. The van der Waals surface area contributed by atoms with E-state index in [9.17, 15) is 0 Å². The molecule has 1 fully saturated rings. The van der Waals surface area contributed by atoms with Gasteiger partial charge in [-0.1, -0.05) is 82.7 Å². The Bertz CT molecular complexity index is 244. The van der Waals surface area contributed by atoms with Crippen LogP contribution in [0.5, 0.6) is 0 Å². The molecule has 0 bridgehead atoms. The molecule has 0 N–H and O–H groups in total. The van der Waals surface area contributed by atoms with Crippen molar-refractivity contribution >= 4 is 0 Å². The highest BCUT2D eigenvalue weighted by Crippen LogP contribution is 2.25. The molecule has 1 saturated carbocycles. The Morgan fingerprint density at radius 3 is 1.94 bits per heavy atom. The number of hydrogen-bond donors (Lipinski definition) is 0. The molecule has 0 amide bonds. The Morgan fingerprint density at radius 2 is 1.56 bits per heavy atom. The fourth-order valence-corrected chi connectivity index (χ4v) is 2.31. The van der Waals surface area contributed by atoms with E-state index in [1.807, 2.05) is 6.07 Å². The quantitative estimate of drug-likeness (QED) is 0.638. The third-order valence-corrected chi connectivity index (χ3v) is 3.55. The van der Waals surface area contributed by atoms with Crippen LogP contribution in [-0.4, -0.2) is 0 Å². The normalized spacial score (nSPS) is 16.4. The van der Waals surface area contributed by atoms with E-state index in [-0.39, 0.29) is 0 Å². The van der Waals surface area contributed by atoms with Crippen molar-refractivity contribution in [2.24, 2.45) is 5.92 Å². The van der Waals surface area contributed by atoms with Gasteiger partial charge in [0.2, 0.25) is 0 Å². The van der Waals surface area contributed by atoms with Gasteiger partial charge in [-0.25, -0.2) is 0 Å². The summed E-state index contributed by atoms with van der Waals surface area (Å²) in [5, 5.41) is 0. The zero-order valence-corrected chi connectivity index (χ0v) is 10.9. The molecule has 0 aromatic heterocycles. The summed E-state index contributed by atoms with van der Waals surface area (Å²) in [6.07, 6.45) is 10.1. The highest BCUT2D eigenvalue weighted by atomic mass is 14.2. The van der Waals surface area contributed by atoms with Crippen molar-refractivity contribution in [1.82, 2.24) is 0 Å². The van der Waals surface area contributed by atoms with E-state index in [0.717, 1.165) is 12.3 Å². The average molecular weight is 218 g/mol. The first-order valence-electron chi connectivity index (χ1n) is 6.90. The van der Waals surface area contributed by atoms with Crippen LogP contribution in [-0.2, 0) is 6.42 Å². The van der Waals surface area contributed by atoms with Crippen LogP contribution in [0.2, 0.25) is 0 Å². The van der Waals surface area contributed by atoms with Crippen molar-refractivity contribution in [2.45, 2.75) is 58.8 Å². The fourth-order valence-electron chi connectivity index (χ4n) is 2.31. The predicted octanol–water partition coefficient (Wildman–Crippen LogP) is 5.23. The van der Waals surface area contributed by atoms with E-state index in [1.165, 1.54) is 44.1 Å². The first-order valence-corrected chi connectivity index (χ1v) is 6.90. The number of aryl methyl sites for hydroxylation is 1. The third kappa shape index (κ3) is 5.34. The summed E-state index contributed by atoms with van der Waals surface area (Å²) in [4.78, 5) is 0. The van der Waals surface area contributed by atoms with Gasteiger partial charge in [-0.05, 0) is 17.9 Å². The summed E-state index contributed by atoms with van der Waals surface area (Å²) >= 11 is 0. The van der Waals surface area contributed by atoms with E-state index >= 15 is 0 Å². The maximum absolute atomic E-state index is 2.32. The van der Waals surface area contributed by atoms with Crippen LogP contribution in [0.25, 0.3) is 0 Å². The Morgan fingerprint density at radius 1 is 0.938 bits per heavy atom. The van der Waals surface area contributed by atoms with Gasteiger partial charge in [-0.2, -0.15) is 0 Å². The SMILES string of the molecule is CCC1CCCCC1.CCc1ccccc1. The number of benzene rings is 1. The lowest BCUT2D eigenvalue weighted by Crippen LogP contribution is -2.03. The van der Waals surface area contributed by atoms with Crippen LogP contribution in [0, 0.1) is 5.92 Å². The molecule has 16 heavy (non-hydrogen) atoms. The van der Waals surface area contributed by atoms with Gasteiger partial charge in [-0.15, -0.1) is 0 Å². The molecule has 0 saturated heterocycles. The maximum Gasteiger partial charge on any atom is -0.0307 e. The second kappa shape index (κ2) is 8.38. The molecule has 1 aliphatic carbocycles. The van der Waals surface area contributed by atoms with Gasteiger partial charge in [0.1, 0.15) is 0 Å². The summed E-state index contributed by atoms with van der Waals surface area (Å²) in [6.45, 7) is 4.48. The lowest BCUT2D eigenvalue weighted by atomic mass is 9.88. The summed E-state index contributed by atoms with van der Waals surface area (Å²) in [7, 11) is 0. The third-order valence-electron chi connectivity index (χ3n) is 3.55. The van der Waals surface area contributed by atoms with Gasteiger partial charge >= 0.3 is 0 Å². The lowest BCUT2D eigenvalue weighted by Gasteiger charge is -2.18. The van der Waals surface area contributed by atoms with E-state index in [0.29, 0.717) is 0 Å². The van der Waals surface area contributed by atoms with Gasteiger partial charge in [0.25, 0.3) is 0 Å². The molecule has 90 valence electrons. The minimum Gasteiger partial charge on any atom is -0.0651 e. The molecular formula is C16H26. The Balaban J connectivity index is 0.000000160. The largest absolute Gasteiger partial charge is 0.0651 e. The Labute approximate surface area is 101 Å². The van der Waals surface area contributed by atoms with Crippen molar-refractivity contribution in [3.05, 3.63) is 35.9 Å². The standard InChI is InChI=1S/C8H16.C8H10/c2*1-2-8-6-4-3-5-7-8/h8H,2-7H2,1H3;3-7H,2H2,1H3. The maximum atomic E-state index is 2.32. The molecule has 0 heterocycles. The highest BCUT2D eigenvalue weighted by molar-refractivity contribution is 5.13. The van der Waals surface area contributed by atoms with Crippen molar-refractivity contribution < 1.29 is 0 Å². The van der Waals surface area contributed by atoms with Gasteiger partial charge < -0.3 is 0 Å². The molecule has 1 aromatic rings. The van der Waals surface area contributed by atoms with Crippen LogP contribution in [0.1, 0.15) is 57.9 Å². The average Bonchev–Trinajstić information content (AvgIpc) is 2.41. The minimum atomic E-state index is 1.09. The van der Waals surface area contributed by atoms with Crippen molar-refractivity contribution in [3.63, 3.8) is 0 Å². The first-order chi connectivity index (χ1) is 7.86. The van der Waals surface area contributed by atoms with Crippen molar-refractivity contribution in [1.29, 1.82) is 0 Å². The van der Waals surface area contributed by atoms with Gasteiger partial charge in [-0.3, -0.25) is 0 Å². The molecule has 2 rings (SSSR count). The molecule has 0 nitrogen and oxygen atoms in total. The minimum absolute atomic E-state index is 1.09. The molecule has 1 aliphatic rings. The smallest absolute Gasteiger partial charge is 0.0307 e. The highest BCUT2D eigenvalue weighted by Gasteiger charge is 2.09. The summed E-state index contributed by atoms with van der Waals surface area (Å²) in [5.41, 5.74) is 1.41. The van der Waals surface area contributed by atoms with E-state index in [4.69, 9.17) is 0 Å². The lowest BCUT2D eigenvalue weighted by molar-refractivity contribution is 0.349. The van der Waals surface area contributed by atoms with Crippen LogP contribution >= 0.6 is 0 Å². The van der Waals surface area contributed by atoms with Crippen LogP contribution in [0.3, 0.4) is 0 Å². The molecule has 0 aliphatic heterocycles. The van der Waals surface area contributed by atoms with Gasteiger partial charge in [0.15, 0.2) is 0 Å². The molecule has 0 atom stereocenters. The van der Waals surface area contributed by atoms with Crippen molar-refractivity contribution in [3.8, 4) is 0 Å². The molecule has 0 spiro atoms. The van der Waals surface area contributed by atoms with Crippen LogP contribution in [0.4, 0.5) is 0 Å². The fraction of sp³-hybridized carbons (Fsp3) is 0.625. The summed E-state index contributed by atoms with van der Waals surface area (Å²) in [5.74, 6) is 1.09. The van der Waals surface area contributed by atoms with Crippen LogP contribution < -0.4 is 0 Å². The molecule has 0 radical (unpaired) electrons. The topological polar surface area (TPSA) is 0 Å². The van der Waals surface area contributed by atoms with Crippen molar-refractivity contribution in [2.75, 3.05) is 0 Å². The van der Waals surface area contributed by atoms with E-state index in [1.54, 1.807) is 0 Å². The Hall–Kier alpha value is -0.780. The second-order valence-corrected chi connectivity index (χ2v) is 4.75. The predicted molar refractivity (Wildman–Crippen MR) is 72.7 cm³/mol. The molecule has 0 unspecified atom stereocenters. The van der Waals surface area contributed by atoms with E-state index < -0.39 is 0 Å². The number of hydrogen-bond acceptors (Lipinski definition) is 0. The van der Waals surface area contributed by atoms with Gasteiger partial charge in [0, 0.05) is 0 Å². The zero-order chi connectivity index (χ0) is 11.6. The second-order valence-electron chi connectivity index (χ2n) is 4.75. The molecular weight excluding hydrogens is 192 g/mol. The number of rotatable bonds is 2. The molecule has 0 heteroatoms. The van der Waals surface area contributed by atoms with Gasteiger partial charge in [0.05, 0.1) is 0 Å². The molecule has 1 aromatic carbocycles. The monoisotopic (exact) mass is 218 g/mol. The summed E-state index contributed by atoms with van der Waals surface area (Å²) < 4.78 is 0. The first kappa shape index (κ1) is 13.3. The zero-order valence-electron chi connectivity index (χ0n) is 10.9. The van der Waals surface area contributed by atoms with Crippen LogP contribution in [0.15, 0.2) is 30.3 Å². The van der Waals surface area contributed by atoms with E-state index in [2.05, 4.69) is 38.1 Å². The summed E-state index contributed by atoms with van der Waals surface area (Å²) in [6, 6.07) is 10.5.